The number of rotatable bonds is 4. The van der Waals surface area contributed by atoms with Crippen LogP contribution in [-0.2, 0) is 0 Å². The zero-order valence-electron chi connectivity index (χ0n) is 15.8. The molecule has 0 radical (unpaired) electrons. The summed E-state index contributed by atoms with van der Waals surface area (Å²) in [6.07, 6.45) is -0.764. The SMILES string of the molecule is O=C(c1ccccc1-n1nccn1)N1CCCC(n2cc(C(O)C(F)(F)F)cn2)C1. The number of carbonyl (C=O) groups excluding carboxylic acids is 1. The lowest BCUT2D eigenvalue weighted by Gasteiger charge is -2.33. The summed E-state index contributed by atoms with van der Waals surface area (Å²) in [6.45, 7) is 0.818. The number of para-hydroxylation sites is 1. The molecule has 30 heavy (non-hydrogen) atoms. The first-order valence-electron chi connectivity index (χ1n) is 9.38. The number of aliphatic hydroxyl groups is 1. The molecule has 11 heteroatoms. The fourth-order valence-electron chi connectivity index (χ4n) is 3.58. The van der Waals surface area contributed by atoms with Crippen LogP contribution in [0.3, 0.4) is 0 Å². The van der Waals surface area contributed by atoms with Gasteiger partial charge in [-0.2, -0.15) is 33.3 Å². The Morgan fingerprint density at radius 1 is 1.17 bits per heavy atom. The van der Waals surface area contributed by atoms with E-state index in [4.69, 9.17) is 0 Å². The summed E-state index contributed by atoms with van der Waals surface area (Å²) in [6, 6.07) is 6.68. The summed E-state index contributed by atoms with van der Waals surface area (Å²) in [4.78, 5) is 16.2. The van der Waals surface area contributed by atoms with Crippen LogP contribution in [0.5, 0.6) is 0 Å². The number of carbonyl (C=O) groups is 1. The Bertz CT molecular complexity index is 1020. The van der Waals surface area contributed by atoms with Gasteiger partial charge in [0.2, 0.25) is 0 Å². The van der Waals surface area contributed by atoms with Crippen LogP contribution < -0.4 is 0 Å². The van der Waals surface area contributed by atoms with Gasteiger partial charge in [0.1, 0.15) is 0 Å². The highest BCUT2D eigenvalue weighted by Crippen LogP contribution is 2.33. The second kappa shape index (κ2) is 7.90. The third kappa shape index (κ3) is 3.92. The molecule has 0 spiro atoms. The van der Waals surface area contributed by atoms with Crippen molar-refractivity contribution < 1.29 is 23.1 Å². The molecular formula is C19H19F3N6O2. The van der Waals surface area contributed by atoms with Crippen molar-refractivity contribution in [2.24, 2.45) is 0 Å². The van der Waals surface area contributed by atoms with Crippen LogP contribution >= 0.6 is 0 Å². The highest BCUT2D eigenvalue weighted by Gasteiger charge is 2.40. The number of aliphatic hydroxyl groups excluding tert-OH is 1. The fourth-order valence-corrected chi connectivity index (χ4v) is 3.58. The van der Waals surface area contributed by atoms with Crippen molar-refractivity contribution in [2.75, 3.05) is 13.1 Å². The van der Waals surface area contributed by atoms with Crippen molar-refractivity contribution in [2.45, 2.75) is 31.2 Å². The van der Waals surface area contributed by atoms with Gasteiger partial charge in [-0.25, -0.2) is 0 Å². The maximum Gasteiger partial charge on any atom is 0.418 e. The molecule has 158 valence electrons. The van der Waals surface area contributed by atoms with Gasteiger partial charge in [0.15, 0.2) is 6.10 Å². The molecule has 2 aromatic heterocycles. The molecule has 0 saturated carbocycles. The van der Waals surface area contributed by atoms with Crippen LogP contribution in [0.2, 0.25) is 0 Å². The molecule has 1 amide bonds. The normalized spacial score (nSPS) is 18.4. The zero-order chi connectivity index (χ0) is 21.3. The quantitative estimate of drug-likeness (QED) is 0.701. The van der Waals surface area contributed by atoms with Gasteiger partial charge in [0.25, 0.3) is 5.91 Å². The zero-order valence-corrected chi connectivity index (χ0v) is 15.8. The van der Waals surface area contributed by atoms with E-state index >= 15 is 0 Å². The molecule has 3 aromatic rings. The van der Waals surface area contributed by atoms with Gasteiger partial charge in [-0.15, -0.1) is 0 Å². The average Bonchev–Trinajstić information content (AvgIpc) is 3.44. The van der Waals surface area contributed by atoms with Crippen LogP contribution in [0.25, 0.3) is 5.69 Å². The topological polar surface area (TPSA) is 89.1 Å². The van der Waals surface area contributed by atoms with Crippen molar-refractivity contribution >= 4 is 5.91 Å². The molecule has 0 bridgehead atoms. The largest absolute Gasteiger partial charge is 0.418 e. The van der Waals surface area contributed by atoms with E-state index in [9.17, 15) is 23.1 Å². The van der Waals surface area contributed by atoms with Crippen LogP contribution in [0.15, 0.2) is 49.1 Å². The van der Waals surface area contributed by atoms with E-state index in [-0.39, 0.29) is 17.5 Å². The van der Waals surface area contributed by atoms with Crippen LogP contribution in [-0.4, -0.2) is 60.0 Å². The molecule has 2 unspecified atom stereocenters. The van der Waals surface area contributed by atoms with Gasteiger partial charge >= 0.3 is 6.18 Å². The van der Waals surface area contributed by atoms with Crippen molar-refractivity contribution in [3.8, 4) is 5.69 Å². The number of piperidine rings is 1. The van der Waals surface area contributed by atoms with E-state index in [2.05, 4.69) is 15.3 Å². The highest BCUT2D eigenvalue weighted by atomic mass is 19.4. The average molecular weight is 420 g/mol. The van der Waals surface area contributed by atoms with Crippen molar-refractivity contribution in [3.63, 3.8) is 0 Å². The van der Waals surface area contributed by atoms with Crippen LogP contribution in [0, 0.1) is 0 Å². The van der Waals surface area contributed by atoms with Crippen LogP contribution in [0.1, 0.15) is 40.9 Å². The summed E-state index contributed by atoms with van der Waals surface area (Å²) in [5.74, 6) is -0.213. The van der Waals surface area contributed by atoms with Gasteiger partial charge in [-0.1, -0.05) is 12.1 Å². The van der Waals surface area contributed by atoms with E-state index in [1.165, 1.54) is 28.1 Å². The van der Waals surface area contributed by atoms with Gasteiger partial charge in [-0.3, -0.25) is 9.48 Å². The molecule has 1 fully saturated rings. The number of likely N-dealkylation sites (tertiary alicyclic amines) is 1. The summed E-state index contributed by atoms with van der Waals surface area (Å²) in [5.41, 5.74) is 0.661. The van der Waals surface area contributed by atoms with E-state index in [0.29, 0.717) is 37.2 Å². The molecule has 1 aromatic carbocycles. The van der Waals surface area contributed by atoms with Gasteiger partial charge in [-0.05, 0) is 25.0 Å². The lowest BCUT2D eigenvalue weighted by Crippen LogP contribution is -2.41. The maximum atomic E-state index is 13.2. The van der Waals surface area contributed by atoms with Crippen molar-refractivity contribution in [1.29, 1.82) is 0 Å². The molecule has 3 heterocycles. The van der Waals surface area contributed by atoms with E-state index in [1.54, 1.807) is 29.2 Å². The molecule has 4 rings (SSSR count). The predicted molar refractivity (Wildman–Crippen MR) is 98.8 cm³/mol. The van der Waals surface area contributed by atoms with E-state index in [0.717, 1.165) is 6.20 Å². The lowest BCUT2D eigenvalue weighted by atomic mass is 10.0. The fraction of sp³-hybridized carbons (Fsp3) is 0.368. The summed E-state index contributed by atoms with van der Waals surface area (Å²) in [7, 11) is 0. The highest BCUT2D eigenvalue weighted by molar-refractivity contribution is 5.97. The summed E-state index contributed by atoms with van der Waals surface area (Å²) >= 11 is 0. The van der Waals surface area contributed by atoms with Crippen molar-refractivity contribution in [3.05, 3.63) is 60.2 Å². The summed E-state index contributed by atoms with van der Waals surface area (Å²) < 4.78 is 39.6. The minimum absolute atomic E-state index is 0.213. The van der Waals surface area contributed by atoms with Gasteiger partial charge < -0.3 is 10.0 Å². The Morgan fingerprint density at radius 2 is 1.90 bits per heavy atom. The number of alkyl halides is 3. The van der Waals surface area contributed by atoms with E-state index in [1.807, 2.05) is 0 Å². The Hall–Kier alpha value is -3.21. The molecule has 1 aliphatic rings. The number of hydrogen-bond acceptors (Lipinski definition) is 5. The molecule has 2 atom stereocenters. The number of aromatic nitrogens is 5. The molecule has 8 nitrogen and oxygen atoms in total. The first kappa shape index (κ1) is 20.1. The molecule has 1 aliphatic heterocycles. The Balaban J connectivity index is 1.53. The number of halogens is 3. The second-order valence-corrected chi connectivity index (χ2v) is 7.08. The van der Waals surface area contributed by atoms with Gasteiger partial charge in [0.05, 0.1) is 35.9 Å². The number of amides is 1. The predicted octanol–water partition coefficient (Wildman–Crippen LogP) is 2.54. The molecule has 0 aliphatic carbocycles. The first-order valence-corrected chi connectivity index (χ1v) is 9.38. The number of hydrogen-bond donors (Lipinski definition) is 1. The first-order chi connectivity index (χ1) is 14.3. The third-order valence-electron chi connectivity index (χ3n) is 5.07. The number of benzene rings is 1. The van der Waals surface area contributed by atoms with Crippen molar-refractivity contribution in [1.82, 2.24) is 29.7 Å². The lowest BCUT2D eigenvalue weighted by molar-refractivity contribution is -0.206. The Labute approximate surface area is 169 Å². The molecule has 1 N–H and O–H groups in total. The maximum absolute atomic E-state index is 13.2. The Kier molecular flexibility index (Phi) is 5.29. The Morgan fingerprint density at radius 3 is 2.63 bits per heavy atom. The van der Waals surface area contributed by atoms with E-state index < -0.39 is 12.3 Å². The minimum atomic E-state index is -4.76. The minimum Gasteiger partial charge on any atom is -0.379 e. The smallest absolute Gasteiger partial charge is 0.379 e. The number of nitrogens with zero attached hydrogens (tertiary/aromatic N) is 6. The standard InChI is InChI=1S/C19H19F3N6O2/c20-19(21,22)17(29)13-10-25-27(11-13)14-4-3-9-26(12-14)18(30)15-5-1-2-6-16(15)28-23-7-8-24-28/h1-2,5-8,10-11,14,17,29H,3-4,9,12H2. The van der Waals surface area contributed by atoms with Crippen LogP contribution in [0.4, 0.5) is 13.2 Å². The molecule has 1 saturated heterocycles. The molecular weight excluding hydrogens is 401 g/mol. The van der Waals surface area contributed by atoms with Gasteiger partial charge in [0, 0.05) is 24.8 Å². The third-order valence-corrected chi connectivity index (χ3v) is 5.07. The summed E-state index contributed by atoms with van der Waals surface area (Å²) in [5, 5.41) is 21.6. The monoisotopic (exact) mass is 420 g/mol. The second-order valence-electron chi connectivity index (χ2n) is 7.08.